The SMILES string of the molecule is C=CC(C)=O.CC(C)c1ccccc1.Cc1cnn(C)c1. The lowest BCUT2D eigenvalue weighted by Gasteiger charge is -2.01. The molecule has 1 aromatic carbocycles. The van der Waals surface area contributed by atoms with Crippen LogP contribution in [0.3, 0.4) is 0 Å². The van der Waals surface area contributed by atoms with Crippen molar-refractivity contribution < 1.29 is 4.79 Å². The van der Waals surface area contributed by atoms with Crippen molar-refractivity contribution in [3.8, 4) is 0 Å². The molecule has 0 radical (unpaired) electrons. The average Bonchev–Trinajstić information content (AvgIpc) is 2.84. The van der Waals surface area contributed by atoms with Crippen LogP contribution in [0.15, 0.2) is 55.4 Å². The van der Waals surface area contributed by atoms with E-state index < -0.39 is 0 Å². The lowest BCUT2D eigenvalue weighted by Crippen LogP contribution is -1.83. The number of hydrogen-bond acceptors (Lipinski definition) is 2. The first-order chi connectivity index (χ1) is 9.86. The van der Waals surface area contributed by atoms with Crippen LogP contribution in [0.4, 0.5) is 0 Å². The van der Waals surface area contributed by atoms with Crippen LogP contribution in [-0.4, -0.2) is 15.6 Å². The Bertz CT molecular complexity index is 511. The van der Waals surface area contributed by atoms with Crippen molar-refractivity contribution in [3.05, 3.63) is 66.5 Å². The molecule has 0 unspecified atom stereocenters. The van der Waals surface area contributed by atoms with Gasteiger partial charge in [-0.05, 0) is 37.0 Å². The molecule has 0 aliphatic rings. The first kappa shape index (κ1) is 18.8. The number of aromatic nitrogens is 2. The summed E-state index contributed by atoms with van der Waals surface area (Å²) >= 11 is 0. The van der Waals surface area contributed by atoms with Crippen LogP contribution in [0.25, 0.3) is 0 Å². The maximum absolute atomic E-state index is 9.69. The van der Waals surface area contributed by atoms with Gasteiger partial charge >= 0.3 is 0 Å². The van der Waals surface area contributed by atoms with Crippen molar-refractivity contribution in [2.24, 2.45) is 7.05 Å². The monoisotopic (exact) mass is 286 g/mol. The molecule has 3 heteroatoms. The molecule has 3 nitrogen and oxygen atoms in total. The quantitative estimate of drug-likeness (QED) is 0.771. The maximum atomic E-state index is 9.69. The first-order valence-electron chi connectivity index (χ1n) is 7.00. The Morgan fingerprint density at radius 3 is 2.00 bits per heavy atom. The summed E-state index contributed by atoms with van der Waals surface area (Å²) in [5.74, 6) is 0.677. The summed E-state index contributed by atoms with van der Waals surface area (Å²) in [7, 11) is 1.91. The van der Waals surface area contributed by atoms with Crippen molar-refractivity contribution in [3.63, 3.8) is 0 Å². The fourth-order valence-corrected chi connectivity index (χ4v) is 1.38. The Balaban J connectivity index is 0.000000300. The fourth-order valence-electron chi connectivity index (χ4n) is 1.38. The minimum atomic E-state index is 0.0185. The topological polar surface area (TPSA) is 34.9 Å². The van der Waals surface area contributed by atoms with Crippen LogP contribution in [0.5, 0.6) is 0 Å². The zero-order valence-electron chi connectivity index (χ0n) is 13.7. The van der Waals surface area contributed by atoms with Crippen LogP contribution in [-0.2, 0) is 11.8 Å². The largest absolute Gasteiger partial charge is 0.295 e. The normalized spacial score (nSPS) is 9.05. The number of nitrogens with zero attached hydrogens (tertiary/aromatic N) is 2. The summed E-state index contributed by atoms with van der Waals surface area (Å²) in [6.07, 6.45) is 5.08. The van der Waals surface area contributed by atoms with E-state index in [4.69, 9.17) is 0 Å². The molecular weight excluding hydrogens is 260 g/mol. The van der Waals surface area contributed by atoms with Gasteiger partial charge in [-0.25, -0.2) is 0 Å². The second-order valence-corrected chi connectivity index (χ2v) is 5.07. The lowest BCUT2D eigenvalue weighted by atomic mass is 10.0. The van der Waals surface area contributed by atoms with Gasteiger partial charge in [-0.1, -0.05) is 50.8 Å². The van der Waals surface area contributed by atoms with Gasteiger partial charge in [0.15, 0.2) is 5.78 Å². The van der Waals surface area contributed by atoms with Gasteiger partial charge in [-0.15, -0.1) is 0 Å². The molecule has 0 N–H and O–H groups in total. The van der Waals surface area contributed by atoms with Gasteiger partial charge in [-0.3, -0.25) is 9.48 Å². The van der Waals surface area contributed by atoms with E-state index in [-0.39, 0.29) is 5.78 Å². The number of rotatable bonds is 2. The van der Waals surface area contributed by atoms with Gasteiger partial charge < -0.3 is 0 Å². The summed E-state index contributed by atoms with van der Waals surface area (Å²) in [5, 5.41) is 3.93. The fraction of sp³-hybridized carbons (Fsp3) is 0.333. The lowest BCUT2D eigenvalue weighted by molar-refractivity contribution is -0.112. The molecule has 2 rings (SSSR count). The second kappa shape index (κ2) is 10.6. The van der Waals surface area contributed by atoms with Gasteiger partial charge in [0.2, 0.25) is 0 Å². The van der Waals surface area contributed by atoms with E-state index in [1.807, 2.05) is 32.4 Å². The number of benzene rings is 1. The molecule has 0 fully saturated rings. The van der Waals surface area contributed by atoms with Gasteiger partial charge in [0, 0.05) is 13.2 Å². The molecule has 0 atom stereocenters. The molecule has 0 saturated carbocycles. The van der Waals surface area contributed by atoms with Crippen molar-refractivity contribution in [2.75, 3.05) is 0 Å². The third-order valence-corrected chi connectivity index (χ3v) is 2.59. The number of allylic oxidation sites excluding steroid dienone is 1. The zero-order valence-corrected chi connectivity index (χ0v) is 13.7. The van der Waals surface area contributed by atoms with Crippen LogP contribution >= 0.6 is 0 Å². The number of ketones is 1. The van der Waals surface area contributed by atoms with E-state index in [2.05, 4.69) is 49.8 Å². The van der Waals surface area contributed by atoms with Crippen molar-refractivity contribution in [1.82, 2.24) is 9.78 Å². The highest BCUT2D eigenvalue weighted by molar-refractivity contribution is 5.86. The highest BCUT2D eigenvalue weighted by Gasteiger charge is 1.93. The van der Waals surface area contributed by atoms with Gasteiger partial charge in [0.1, 0.15) is 0 Å². The number of hydrogen-bond donors (Lipinski definition) is 0. The number of carbonyl (C=O) groups excluding carboxylic acids is 1. The van der Waals surface area contributed by atoms with Gasteiger partial charge in [0.05, 0.1) is 6.20 Å². The molecule has 21 heavy (non-hydrogen) atoms. The Labute approximate surface area is 128 Å². The van der Waals surface area contributed by atoms with Crippen molar-refractivity contribution >= 4 is 5.78 Å². The van der Waals surface area contributed by atoms with Gasteiger partial charge in [-0.2, -0.15) is 5.10 Å². The molecule has 0 amide bonds. The molecule has 2 aromatic rings. The van der Waals surface area contributed by atoms with E-state index >= 15 is 0 Å². The summed E-state index contributed by atoms with van der Waals surface area (Å²) in [6.45, 7) is 11.1. The average molecular weight is 286 g/mol. The minimum absolute atomic E-state index is 0.0185. The van der Waals surface area contributed by atoms with E-state index in [0.717, 1.165) is 0 Å². The second-order valence-electron chi connectivity index (χ2n) is 5.07. The molecule has 114 valence electrons. The Hall–Kier alpha value is -2.16. The molecule has 0 saturated heterocycles. The zero-order chi connectivity index (χ0) is 16.3. The minimum Gasteiger partial charge on any atom is -0.295 e. The molecule has 1 heterocycles. The summed E-state index contributed by atoms with van der Waals surface area (Å²) in [5.41, 5.74) is 2.63. The molecular formula is C18H26N2O. The van der Waals surface area contributed by atoms with Gasteiger partial charge in [0.25, 0.3) is 0 Å². The maximum Gasteiger partial charge on any atom is 0.152 e. The highest BCUT2D eigenvalue weighted by Crippen LogP contribution is 2.11. The number of aryl methyl sites for hydroxylation is 2. The van der Waals surface area contributed by atoms with Crippen molar-refractivity contribution in [2.45, 2.75) is 33.6 Å². The van der Waals surface area contributed by atoms with Crippen molar-refractivity contribution in [1.29, 1.82) is 0 Å². The van der Waals surface area contributed by atoms with Crippen LogP contribution < -0.4 is 0 Å². The standard InChI is InChI=1S/C9H12.C5H8N2.C4H6O/c1-8(2)9-6-4-3-5-7-9;1-5-3-6-7(2)4-5;1-3-4(2)5/h3-8H,1-2H3;3-4H,1-2H3;3H,1H2,2H3. The molecule has 1 aromatic heterocycles. The Morgan fingerprint density at radius 1 is 1.29 bits per heavy atom. The third-order valence-electron chi connectivity index (χ3n) is 2.59. The Kier molecular flexibility index (Phi) is 9.52. The Morgan fingerprint density at radius 2 is 1.81 bits per heavy atom. The number of carbonyl (C=O) groups is 1. The predicted octanol–water partition coefficient (Wildman–Crippen LogP) is 4.30. The highest BCUT2D eigenvalue weighted by atomic mass is 16.1. The molecule has 0 aliphatic heterocycles. The van der Waals surface area contributed by atoms with Crippen LogP contribution in [0.2, 0.25) is 0 Å². The summed E-state index contributed by atoms with van der Waals surface area (Å²) in [6, 6.07) is 10.5. The molecule has 0 aliphatic carbocycles. The molecule has 0 bridgehead atoms. The molecule has 0 spiro atoms. The predicted molar refractivity (Wildman–Crippen MR) is 89.4 cm³/mol. The summed E-state index contributed by atoms with van der Waals surface area (Å²) in [4.78, 5) is 9.69. The van der Waals surface area contributed by atoms with Crippen LogP contribution in [0, 0.1) is 6.92 Å². The smallest absolute Gasteiger partial charge is 0.152 e. The summed E-state index contributed by atoms with van der Waals surface area (Å²) < 4.78 is 1.79. The van der Waals surface area contributed by atoms with E-state index in [0.29, 0.717) is 5.92 Å². The first-order valence-corrected chi connectivity index (χ1v) is 7.00. The van der Waals surface area contributed by atoms with E-state index in [1.165, 1.54) is 24.1 Å². The third kappa shape index (κ3) is 10.3. The van der Waals surface area contributed by atoms with Crippen LogP contribution in [0.1, 0.15) is 37.8 Å². The van der Waals surface area contributed by atoms with E-state index in [1.54, 1.807) is 4.68 Å². The van der Waals surface area contributed by atoms with E-state index in [9.17, 15) is 4.79 Å².